The molecule has 0 unspecified atom stereocenters. The summed E-state index contributed by atoms with van der Waals surface area (Å²) in [5.41, 5.74) is 0. The van der Waals surface area contributed by atoms with E-state index in [1.807, 2.05) is 0 Å². The highest BCUT2D eigenvalue weighted by atomic mass is 19.4. The zero-order valence-electron chi connectivity index (χ0n) is 10.2. The predicted molar refractivity (Wildman–Crippen MR) is 49.8 cm³/mol. The van der Waals surface area contributed by atoms with Crippen LogP contribution in [-0.2, 0) is 14.3 Å². The van der Waals surface area contributed by atoms with Gasteiger partial charge in [-0.1, -0.05) is 13.8 Å². The molecule has 0 rings (SSSR count). The van der Waals surface area contributed by atoms with Crippen LogP contribution < -0.4 is 0 Å². The van der Waals surface area contributed by atoms with E-state index in [0.29, 0.717) is 0 Å². The lowest BCUT2D eigenvalue weighted by molar-refractivity contribution is -0.327. The quantitative estimate of drug-likeness (QED) is 0.593. The average Bonchev–Trinajstić information content (AvgIpc) is 2.22. The molecule has 0 heterocycles. The highest BCUT2D eigenvalue weighted by molar-refractivity contribution is 5.71. The minimum atomic E-state index is -5.63. The van der Waals surface area contributed by atoms with Crippen LogP contribution in [0.15, 0.2) is 0 Å². The summed E-state index contributed by atoms with van der Waals surface area (Å²) in [6.07, 6.45) is -15.3. The van der Waals surface area contributed by atoms with Crippen LogP contribution in [0.5, 0.6) is 0 Å². The second-order valence-corrected chi connectivity index (χ2v) is 3.42. The number of rotatable bonds is 3. The molecule has 0 aliphatic heterocycles. The van der Waals surface area contributed by atoms with Crippen molar-refractivity contribution in [2.45, 2.75) is 32.3 Å². The summed E-state index contributed by atoms with van der Waals surface area (Å²) in [4.78, 5) is 10.3. The molecule has 0 radical (unpaired) electrons. The number of halogens is 7. The molecular weight excluding hydrogens is 289 g/mol. The maximum Gasteiger partial charge on any atom is 0.423 e. The summed E-state index contributed by atoms with van der Waals surface area (Å²) in [5, 5.41) is 0. The van der Waals surface area contributed by atoms with Gasteiger partial charge < -0.3 is 9.47 Å². The van der Waals surface area contributed by atoms with Crippen LogP contribution in [0.3, 0.4) is 0 Å². The number of carbonyl (C=O) groups is 1. The topological polar surface area (TPSA) is 35.5 Å². The fourth-order valence-electron chi connectivity index (χ4n) is 0.673. The van der Waals surface area contributed by atoms with E-state index in [-0.39, 0.29) is 11.9 Å². The average molecular weight is 302 g/mol. The molecule has 0 aromatic heterocycles. The molecular formula is C9H13F7O3. The molecule has 0 aromatic rings. The summed E-state index contributed by atoms with van der Waals surface area (Å²) in [6.45, 7) is 1.46. The SMILES string of the molecule is COC(=O)C(C)C.FCOC(C(F)(F)F)C(F)(F)F. The van der Waals surface area contributed by atoms with Gasteiger partial charge in [-0.05, 0) is 0 Å². The first kappa shape index (κ1) is 20.3. The molecule has 3 nitrogen and oxygen atoms in total. The molecule has 0 aromatic carbocycles. The second kappa shape index (κ2) is 8.18. The van der Waals surface area contributed by atoms with Gasteiger partial charge in [0.15, 0.2) is 6.86 Å². The predicted octanol–water partition coefficient (Wildman–Crippen LogP) is 3.24. The van der Waals surface area contributed by atoms with Crippen molar-refractivity contribution in [3.8, 4) is 0 Å². The number of ether oxygens (including phenoxy) is 2. The van der Waals surface area contributed by atoms with Gasteiger partial charge in [0.05, 0.1) is 13.0 Å². The minimum Gasteiger partial charge on any atom is -0.469 e. The Hall–Kier alpha value is -1.06. The molecule has 0 saturated heterocycles. The van der Waals surface area contributed by atoms with E-state index in [1.165, 1.54) is 7.11 Å². The largest absolute Gasteiger partial charge is 0.469 e. The molecule has 0 saturated carbocycles. The molecule has 19 heavy (non-hydrogen) atoms. The Kier molecular flexibility index (Phi) is 8.72. The normalized spacial score (nSPS) is 12.2. The standard InChI is InChI=1S/C5H10O2.C4H3F7O/c1-4(2)5(6)7-3;5-1-12-2(3(6,7)8)4(9,10)11/h4H,1-3H3;2H,1H2. The summed E-state index contributed by atoms with van der Waals surface area (Å²) < 4.78 is 86.7. The summed E-state index contributed by atoms with van der Waals surface area (Å²) in [7, 11) is 1.39. The molecule has 0 fully saturated rings. The summed E-state index contributed by atoms with van der Waals surface area (Å²) in [5.74, 6) is -0.148. The number of alkyl halides is 7. The minimum absolute atomic E-state index is 0.00463. The molecule has 0 spiro atoms. The first-order valence-electron chi connectivity index (χ1n) is 4.76. The molecule has 10 heteroatoms. The van der Waals surface area contributed by atoms with Crippen molar-refractivity contribution in [1.82, 2.24) is 0 Å². The Morgan fingerprint density at radius 2 is 1.42 bits per heavy atom. The van der Waals surface area contributed by atoms with Crippen molar-refractivity contribution in [3.05, 3.63) is 0 Å². The van der Waals surface area contributed by atoms with Crippen LogP contribution in [0.2, 0.25) is 0 Å². The first-order valence-corrected chi connectivity index (χ1v) is 4.76. The molecule has 116 valence electrons. The van der Waals surface area contributed by atoms with Crippen LogP contribution in [0.25, 0.3) is 0 Å². The number of hydrogen-bond donors (Lipinski definition) is 0. The Bertz CT molecular complexity index is 246. The van der Waals surface area contributed by atoms with E-state index in [9.17, 15) is 35.5 Å². The van der Waals surface area contributed by atoms with Gasteiger partial charge in [-0.3, -0.25) is 4.79 Å². The van der Waals surface area contributed by atoms with Gasteiger partial charge in [-0.15, -0.1) is 0 Å². The number of hydrogen-bond acceptors (Lipinski definition) is 3. The third-order valence-electron chi connectivity index (χ3n) is 1.50. The molecule has 0 amide bonds. The Balaban J connectivity index is 0. The smallest absolute Gasteiger partial charge is 0.423 e. The first-order chi connectivity index (χ1) is 8.37. The Morgan fingerprint density at radius 3 is 1.47 bits per heavy atom. The maximum atomic E-state index is 11.4. The van der Waals surface area contributed by atoms with Crippen molar-refractivity contribution in [1.29, 1.82) is 0 Å². The van der Waals surface area contributed by atoms with Gasteiger partial charge >= 0.3 is 18.3 Å². The van der Waals surface area contributed by atoms with Crippen LogP contribution >= 0.6 is 0 Å². The highest BCUT2D eigenvalue weighted by Crippen LogP contribution is 2.35. The number of esters is 1. The van der Waals surface area contributed by atoms with Crippen molar-refractivity contribution in [2.24, 2.45) is 5.92 Å². The van der Waals surface area contributed by atoms with Gasteiger partial charge in [0.1, 0.15) is 0 Å². The zero-order chi connectivity index (χ0) is 15.9. The molecule has 0 atom stereocenters. The van der Waals surface area contributed by atoms with Crippen LogP contribution in [0, 0.1) is 5.92 Å². The van der Waals surface area contributed by atoms with Gasteiger partial charge in [-0.2, -0.15) is 26.3 Å². The van der Waals surface area contributed by atoms with Gasteiger partial charge in [-0.25, -0.2) is 4.39 Å². The lowest BCUT2D eigenvalue weighted by Gasteiger charge is -2.21. The second-order valence-electron chi connectivity index (χ2n) is 3.42. The zero-order valence-corrected chi connectivity index (χ0v) is 10.2. The maximum absolute atomic E-state index is 11.4. The van der Waals surface area contributed by atoms with Crippen molar-refractivity contribution in [3.63, 3.8) is 0 Å². The molecule has 0 N–H and O–H groups in total. The van der Waals surface area contributed by atoms with E-state index in [0.717, 1.165) is 0 Å². The van der Waals surface area contributed by atoms with Gasteiger partial charge in [0.25, 0.3) is 6.10 Å². The van der Waals surface area contributed by atoms with Crippen LogP contribution in [0.1, 0.15) is 13.8 Å². The van der Waals surface area contributed by atoms with E-state index in [4.69, 9.17) is 0 Å². The third-order valence-corrected chi connectivity index (χ3v) is 1.50. The van der Waals surface area contributed by atoms with Crippen LogP contribution in [0.4, 0.5) is 30.7 Å². The van der Waals surface area contributed by atoms with Crippen LogP contribution in [-0.4, -0.2) is 38.4 Å². The highest BCUT2D eigenvalue weighted by Gasteiger charge is 2.58. The van der Waals surface area contributed by atoms with E-state index >= 15 is 0 Å². The van der Waals surface area contributed by atoms with Gasteiger partial charge in [0.2, 0.25) is 0 Å². The Morgan fingerprint density at radius 1 is 1.05 bits per heavy atom. The van der Waals surface area contributed by atoms with E-state index in [1.54, 1.807) is 13.8 Å². The number of methoxy groups -OCH3 is 1. The third kappa shape index (κ3) is 9.51. The number of carbonyl (C=O) groups excluding carboxylic acids is 1. The van der Waals surface area contributed by atoms with E-state index in [2.05, 4.69) is 9.47 Å². The molecule has 0 bridgehead atoms. The fraction of sp³-hybridized carbons (Fsp3) is 0.889. The lowest BCUT2D eigenvalue weighted by atomic mass is 10.2. The fourth-order valence-corrected chi connectivity index (χ4v) is 0.673. The molecule has 0 aliphatic carbocycles. The summed E-state index contributed by atoms with van der Waals surface area (Å²) >= 11 is 0. The Labute approximate surface area is 104 Å². The summed E-state index contributed by atoms with van der Waals surface area (Å²) in [6, 6.07) is 0. The van der Waals surface area contributed by atoms with Gasteiger partial charge in [0, 0.05) is 0 Å². The molecule has 0 aliphatic rings. The lowest BCUT2D eigenvalue weighted by Crippen LogP contribution is -2.44. The van der Waals surface area contributed by atoms with Crippen molar-refractivity contribution >= 4 is 5.97 Å². The monoisotopic (exact) mass is 302 g/mol. The van der Waals surface area contributed by atoms with Crippen molar-refractivity contribution < 1.29 is 45.0 Å². The van der Waals surface area contributed by atoms with Crippen molar-refractivity contribution in [2.75, 3.05) is 14.0 Å². The van der Waals surface area contributed by atoms with E-state index < -0.39 is 25.3 Å².